The summed E-state index contributed by atoms with van der Waals surface area (Å²) in [6.45, 7) is 9.49. The maximum Gasteiger partial charge on any atom is 0.306 e. The third kappa shape index (κ3) is 13.6. The van der Waals surface area contributed by atoms with E-state index in [1.165, 1.54) is 19.3 Å². The Kier molecular flexibility index (Phi) is 15.0. The number of nitrogens with one attached hydrogen (secondary N) is 1. The fourth-order valence-corrected chi connectivity index (χ4v) is 3.24. The predicted molar refractivity (Wildman–Crippen MR) is 126 cm³/mol. The molecule has 166 valence electrons. The lowest BCUT2D eigenvalue weighted by atomic mass is 9.96. The molecule has 1 heterocycles. The van der Waals surface area contributed by atoms with Crippen LogP contribution in [-0.4, -0.2) is 62.8 Å². The smallest absolute Gasteiger partial charge is 0.306 e. The first-order chi connectivity index (χ1) is 12.8. The van der Waals surface area contributed by atoms with Crippen LogP contribution in [0.2, 0.25) is 0 Å². The van der Waals surface area contributed by atoms with Crippen LogP contribution >= 0.6 is 24.0 Å². The van der Waals surface area contributed by atoms with Crippen molar-refractivity contribution in [1.82, 2.24) is 10.2 Å². The molecule has 0 radical (unpaired) electrons. The second-order valence-electron chi connectivity index (χ2n) is 8.49. The number of nitrogens with zero attached hydrogens (tertiary/aromatic N) is 2. The molecule has 1 N–H and O–H groups in total. The molecule has 1 fully saturated rings. The quantitative estimate of drug-likeness (QED) is 0.157. The molecule has 0 atom stereocenters. The maximum absolute atomic E-state index is 11.7. The molecule has 0 bridgehead atoms. The van der Waals surface area contributed by atoms with Gasteiger partial charge in [0.1, 0.15) is 5.60 Å². The number of halogens is 1. The van der Waals surface area contributed by atoms with E-state index in [-0.39, 0.29) is 35.5 Å². The van der Waals surface area contributed by atoms with E-state index in [1.54, 1.807) is 0 Å². The highest BCUT2D eigenvalue weighted by Gasteiger charge is 2.16. The lowest BCUT2D eigenvalue weighted by Crippen LogP contribution is -2.40. The molecule has 1 rings (SSSR count). The number of hydrogen-bond acceptors (Lipinski definition) is 4. The first kappa shape index (κ1) is 27.4. The largest absolute Gasteiger partial charge is 0.460 e. The molecular weight excluding hydrogens is 469 g/mol. The molecular formula is C21H42IN3O3. The minimum Gasteiger partial charge on any atom is -0.460 e. The van der Waals surface area contributed by atoms with Crippen LogP contribution in [-0.2, 0) is 14.3 Å². The number of rotatable bonds is 10. The fraction of sp³-hybridized carbons (Fsp3) is 0.905. The van der Waals surface area contributed by atoms with Crippen LogP contribution in [0.4, 0.5) is 0 Å². The Morgan fingerprint density at radius 3 is 2.43 bits per heavy atom. The zero-order chi connectivity index (χ0) is 20.1. The second kappa shape index (κ2) is 15.3. The van der Waals surface area contributed by atoms with E-state index < -0.39 is 0 Å². The third-order valence-corrected chi connectivity index (χ3v) is 4.80. The highest BCUT2D eigenvalue weighted by Crippen LogP contribution is 2.18. The van der Waals surface area contributed by atoms with Crippen molar-refractivity contribution in [2.45, 2.75) is 77.7 Å². The summed E-state index contributed by atoms with van der Waals surface area (Å²) in [5.41, 5.74) is -0.381. The Labute approximate surface area is 189 Å². The molecule has 1 aliphatic heterocycles. The maximum atomic E-state index is 11.7. The van der Waals surface area contributed by atoms with Crippen LogP contribution < -0.4 is 5.32 Å². The van der Waals surface area contributed by atoms with Crippen LogP contribution in [0.5, 0.6) is 0 Å². The summed E-state index contributed by atoms with van der Waals surface area (Å²) in [4.78, 5) is 18.3. The van der Waals surface area contributed by atoms with Crippen molar-refractivity contribution in [3.8, 4) is 0 Å². The molecule has 0 aromatic heterocycles. The van der Waals surface area contributed by atoms with Gasteiger partial charge in [-0.05, 0) is 58.8 Å². The first-order valence-electron chi connectivity index (χ1n) is 10.5. The Bertz CT molecular complexity index is 447. The van der Waals surface area contributed by atoms with Crippen LogP contribution in [0.3, 0.4) is 0 Å². The zero-order valence-corrected chi connectivity index (χ0v) is 20.9. The molecule has 0 aromatic carbocycles. The summed E-state index contributed by atoms with van der Waals surface area (Å²) in [5.74, 6) is 1.66. The van der Waals surface area contributed by atoms with Gasteiger partial charge in [0, 0.05) is 46.8 Å². The van der Waals surface area contributed by atoms with Crippen molar-refractivity contribution in [3.05, 3.63) is 0 Å². The minimum absolute atomic E-state index is 0. The standard InChI is InChI=1S/C21H41N3O3.HI/c1-21(2,3)27-19(25)10-8-6-7-9-14-23-20(22-4)24(5)15-11-18-12-16-26-17-13-18;/h18H,6-17H2,1-5H3,(H,22,23);1H. The Morgan fingerprint density at radius 2 is 1.82 bits per heavy atom. The molecule has 0 spiro atoms. The summed E-state index contributed by atoms with van der Waals surface area (Å²) >= 11 is 0. The number of guanidine groups is 1. The number of ether oxygens (including phenoxy) is 2. The summed E-state index contributed by atoms with van der Waals surface area (Å²) in [6, 6.07) is 0. The summed E-state index contributed by atoms with van der Waals surface area (Å²) in [7, 11) is 3.95. The van der Waals surface area contributed by atoms with Crippen LogP contribution in [0.15, 0.2) is 4.99 Å². The van der Waals surface area contributed by atoms with Crippen LogP contribution in [0.1, 0.15) is 72.1 Å². The zero-order valence-electron chi connectivity index (χ0n) is 18.6. The van der Waals surface area contributed by atoms with Gasteiger partial charge in [-0.2, -0.15) is 0 Å². The van der Waals surface area contributed by atoms with Gasteiger partial charge in [-0.15, -0.1) is 24.0 Å². The van der Waals surface area contributed by atoms with Gasteiger partial charge in [0.25, 0.3) is 0 Å². The van der Waals surface area contributed by atoms with Crippen LogP contribution in [0.25, 0.3) is 0 Å². The van der Waals surface area contributed by atoms with Gasteiger partial charge in [-0.25, -0.2) is 0 Å². The van der Waals surface area contributed by atoms with E-state index in [0.717, 1.165) is 63.9 Å². The van der Waals surface area contributed by atoms with Crippen molar-refractivity contribution in [2.24, 2.45) is 10.9 Å². The van der Waals surface area contributed by atoms with E-state index in [2.05, 4.69) is 22.3 Å². The molecule has 6 nitrogen and oxygen atoms in total. The summed E-state index contributed by atoms with van der Waals surface area (Å²) in [6.07, 6.45) is 8.23. The molecule has 7 heteroatoms. The molecule has 0 aromatic rings. The van der Waals surface area contributed by atoms with Gasteiger partial charge in [0.15, 0.2) is 5.96 Å². The predicted octanol–water partition coefficient (Wildman–Crippen LogP) is 4.22. The monoisotopic (exact) mass is 511 g/mol. The van der Waals surface area contributed by atoms with Gasteiger partial charge in [0.2, 0.25) is 0 Å². The van der Waals surface area contributed by atoms with Crippen molar-refractivity contribution in [2.75, 3.05) is 40.4 Å². The summed E-state index contributed by atoms with van der Waals surface area (Å²) in [5, 5.41) is 3.45. The highest BCUT2D eigenvalue weighted by atomic mass is 127. The molecule has 1 saturated heterocycles. The molecule has 0 aliphatic carbocycles. The second-order valence-corrected chi connectivity index (χ2v) is 8.49. The van der Waals surface area contributed by atoms with Gasteiger partial charge >= 0.3 is 5.97 Å². The van der Waals surface area contributed by atoms with Gasteiger partial charge in [-0.1, -0.05) is 12.8 Å². The number of hydrogen-bond donors (Lipinski definition) is 1. The molecule has 0 saturated carbocycles. The number of carbonyl (C=O) groups is 1. The summed E-state index contributed by atoms with van der Waals surface area (Å²) < 4.78 is 10.8. The van der Waals surface area contributed by atoms with Crippen molar-refractivity contribution in [3.63, 3.8) is 0 Å². The van der Waals surface area contributed by atoms with Crippen molar-refractivity contribution < 1.29 is 14.3 Å². The Hall–Kier alpha value is -0.570. The Morgan fingerprint density at radius 1 is 1.18 bits per heavy atom. The topological polar surface area (TPSA) is 63.2 Å². The van der Waals surface area contributed by atoms with Gasteiger partial charge in [-0.3, -0.25) is 9.79 Å². The van der Waals surface area contributed by atoms with E-state index in [4.69, 9.17) is 9.47 Å². The van der Waals surface area contributed by atoms with Crippen LogP contribution in [0, 0.1) is 5.92 Å². The molecule has 0 unspecified atom stereocenters. The van der Waals surface area contributed by atoms with E-state index in [9.17, 15) is 4.79 Å². The minimum atomic E-state index is -0.381. The molecule has 0 amide bonds. The van der Waals surface area contributed by atoms with E-state index in [0.29, 0.717) is 6.42 Å². The number of carbonyl (C=O) groups excluding carboxylic acids is 1. The van der Waals surface area contributed by atoms with Gasteiger partial charge < -0.3 is 19.7 Å². The average molecular weight is 511 g/mol. The lowest BCUT2D eigenvalue weighted by Gasteiger charge is -2.26. The molecule has 28 heavy (non-hydrogen) atoms. The Balaban J connectivity index is 0.00000729. The van der Waals surface area contributed by atoms with Crippen molar-refractivity contribution in [1.29, 1.82) is 0 Å². The SMILES string of the molecule is CN=C(NCCCCCCC(=O)OC(C)(C)C)N(C)CCC1CCOCC1.I. The first-order valence-corrected chi connectivity index (χ1v) is 10.5. The molecule has 1 aliphatic rings. The normalized spacial score (nSPS) is 15.7. The number of esters is 1. The van der Waals surface area contributed by atoms with E-state index >= 15 is 0 Å². The fourth-order valence-electron chi connectivity index (χ4n) is 3.24. The lowest BCUT2D eigenvalue weighted by molar-refractivity contribution is -0.154. The third-order valence-electron chi connectivity index (χ3n) is 4.80. The highest BCUT2D eigenvalue weighted by molar-refractivity contribution is 14.0. The average Bonchev–Trinajstić information content (AvgIpc) is 2.61. The van der Waals surface area contributed by atoms with E-state index in [1.807, 2.05) is 27.8 Å². The number of unbranched alkanes of at least 4 members (excludes halogenated alkanes) is 3. The van der Waals surface area contributed by atoms with Gasteiger partial charge in [0.05, 0.1) is 0 Å². The van der Waals surface area contributed by atoms with Crippen molar-refractivity contribution >= 4 is 35.9 Å². The number of aliphatic imine (C=N–C) groups is 1.